The van der Waals surface area contributed by atoms with Crippen LogP contribution < -0.4 is 15.4 Å². The van der Waals surface area contributed by atoms with Crippen LogP contribution in [0, 0.1) is 0 Å². The largest absolute Gasteiger partial charge is 0.475 e. The number of fused-ring (bicyclic) bond motifs is 1. The van der Waals surface area contributed by atoms with Crippen LogP contribution in [-0.2, 0) is 0 Å². The van der Waals surface area contributed by atoms with E-state index in [0.717, 1.165) is 29.8 Å². The summed E-state index contributed by atoms with van der Waals surface area (Å²) in [6, 6.07) is 9.08. The molecule has 6 heteroatoms. The third-order valence-corrected chi connectivity index (χ3v) is 4.57. The molecule has 5 nitrogen and oxygen atoms in total. The Morgan fingerprint density at radius 1 is 1.08 bits per heavy atom. The van der Waals surface area contributed by atoms with Gasteiger partial charge in [0.05, 0.1) is 17.6 Å². The lowest BCUT2D eigenvalue weighted by atomic mass is 10.0. The second kappa shape index (κ2) is 7.99. The van der Waals surface area contributed by atoms with E-state index in [1.807, 2.05) is 24.3 Å². The summed E-state index contributed by atoms with van der Waals surface area (Å²) < 4.78 is 6.00. The van der Waals surface area contributed by atoms with Crippen LogP contribution in [0.5, 0.6) is 5.88 Å². The number of halogens is 1. The highest BCUT2D eigenvalue weighted by Gasteiger charge is 2.24. The van der Waals surface area contributed by atoms with Crippen LogP contribution in [0.25, 0.3) is 11.0 Å². The van der Waals surface area contributed by atoms with Crippen molar-refractivity contribution in [2.24, 2.45) is 0 Å². The fourth-order valence-electron chi connectivity index (χ4n) is 3.07. The normalized spacial score (nSPS) is 20.4. The Morgan fingerprint density at radius 3 is 2.58 bits per heavy atom. The summed E-state index contributed by atoms with van der Waals surface area (Å²) in [5.74, 6) is 1.44. The molecule has 1 aromatic carbocycles. The van der Waals surface area contributed by atoms with Gasteiger partial charge in [0.1, 0.15) is 0 Å². The molecule has 2 aromatic rings. The number of piperidine rings is 1. The Bertz CT molecular complexity index is 671. The molecule has 1 aliphatic heterocycles. The minimum atomic E-state index is 0. The van der Waals surface area contributed by atoms with Crippen molar-refractivity contribution in [2.75, 3.05) is 18.5 Å². The van der Waals surface area contributed by atoms with Gasteiger partial charge < -0.3 is 15.4 Å². The third kappa shape index (κ3) is 4.28. The number of hydrogen-bond acceptors (Lipinski definition) is 5. The molecule has 0 spiro atoms. The van der Waals surface area contributed by atoms with Gasteiger partial charge in [-0.05, 0) is 50.8 Å². The van der Waals surface area contributed by atoms with Crippen molar-refractivity contribution < 1.29 is 4.74 Å². The Morgan fingerprint density at radius 2 is 1.88 bits per heavy atom. The zero-order valence-electron chi connectivity index (χ0n) is 13.8. The molecule has 1 atom stereocenters. The van der Waals surface area contributed by atoms with Gasteiger partial charge in [0.2, 0.25) is 0 Å². The predicted molar refractivity (Wildman–Crippen MR) is 99.2 cm³/mol. The zero-order chi connectivity index (χ0) is 15.5. The first-order valence-corrected chi connectivity index (χ1v) is 8.78. The molecular formula is C18H25ClN4O. The second-order valence-corrected chi connectivity index (χ2v) is 6.57. The lowest BCUT2D eigenvalue weighted by molar-refractivity contribution is 0.261. The van der Waals surface area contributed by atoms with Crippen LogP contribution in [0.2, 0.25) is 0 Å². The highest BCUT2D eigenvalue weighted by Crippen LogP contribution is 2.30. The molecule has 0 bridgehead atoms. The maximum absolute atomic E-state index is 6.00. The van der Waals surface area contributed by atoms with Crippen LogP contribution in [-0.4, -0.2) is 35.2 Å². The van der Waals surface area contributed by atoms with E-state index >= 15 is 0 Å². The first kappa shape index (κ1) is 17.2. The molecule has 4 rings (SSSR count). The van der Waals surface area contributed by atoms with Gasteiger partial charge in [0.15, 0.2) is 5.82 Å². The molecule has 130 valence electrons. The van der Waals surface area contributed by atoms with E-state index < -0.39 is 0 Å². The molecule has 1 aliphatic carbocycles. The average Bonchev–Trinajstić information content (AvgIpc) is 3.40. The Labute approximate surface area is 149 Å². The van der Waals surface area contributed by atoms with Gasteiger partial charge in [-0.25, -0.2) is 9.97 Å². The quantitative estimate of drug-likeness (QED) is 0.836. The summed E-state index contributed by atoms with van der Waals surface area (Å²) in [6.07, 6.45) is 7.31. The first-order chi connectivity index (χ1) is 11.4. The molecule has 0 amide bonds. The monoisotopic (exact) mass is 348 g/mol. The molecule has 2 N–H and O–H groups in total. The van der Waals surface area contributed by atoms with Crippen LogP contribution in [0.15, 0.2) is 24.3 Å². The molecule has 2 heterocycles. The minimum absolute atomic E-state index is 0. The Balaban J connectivity index is 0.00000169. The number of rotatable bonds is 6. The number of nitrogens with zero attached hydrogens (tertiary/aromatic N) is 2. The predicted octanol–water partition coefficient (Wildman–Crippen LogP) is 3.54. The van der Waals surface area contributed by atoms with Crippen LogP contribution in [0.3, 0.4) is 0 Å². The zero-order valence-corrected chi connectivity index (χ0v) is 14.6. The van der Waals surface area contributed by atoms with E-state index in [1.165, 1.54) is 32.1 Å². The third-order valence-electron chi connectivity index (χ3n) is 4.57. The first-order valence-electron chi connectivity index (χ1n) is 8.78. The Kier molecular flexibility index (Phi) is 5.74. The lowest BCUT2D eigenvalue weighted by Crippen LogP contribution is -2.35. The van der Waals surface area contributed by atoms with Crippen LogP contribution in [0.4, 0.5) is 5.82 Å². The molecule has 2 fully saturated rings. The molecular weight excluding hydrogens is 324 g/mol. The highest BCUT2D eigenvalue weighted by molar-refractivity contribution is 5.85. The van der Waals surface area contributed by atoms with Crippen molar-refractivity contribution in [3.63, 3.8) is 0 Å². The summed E-state index contributed by atoms with van der Waals surface area (Å²) in [4.78, 5) is 9.38. The molecule has 1 saturated carbocycles. The molecule has 2 aliphatic rings. The van der Waals surface area contributed by atoms with E-state index in [-0.39, 0.29) is 12.4 Å². The van der Waals surface area contributed by atoms with Crippen molar-refractivity contribution in [3.8, 4) is 5.88 Å². The minimum Gasteiger partial charge on any atom is -0.475 e. The number of nitrogens with one attached hydrogen (secondary N) is 2. The summed E-state index contributed by atoms with van der Waals surface area (Å²) in [5, 5.41) is 7.01. The van der Waals surface area contributed by atoms with E-state index in [0.29, 0.717) is 24.6 Å². The van der Waals surface area contributed by atoms with Gasteiger partial charge in [-0.2, -0.15) is 0 Å². The highest BCUT2D eigenvalue weighted by atomic mass is 35.5. The summed E-state index contributed by atoms with van der Waals surface area (Å²) in [6.45, 7) is 1.82. The molecule has 0 radical (unpaired) electrons. The number of para-hydroxylation sites is 2. The van der Waals surface area contributed by atoms with E-state index in [9.17, 15) is 0 Å². The molecule has 1 unspecified atom stereocenters. The van der Waals surface area contributed by atoms with Crippen molar-refractivity contribution in [1.29, 1.82) is 0 Å². The molecule has 1 saturated heterocycles. The number of benzene rings is 1. The van der Waals surface area contributed by atoms with Crippen molar-refractivity contribution in [1.82, 2.24) is 15.3 Å². The maximum atomic E-state index is 6.00. The van der Waals surface area contributed by atoms with Crippen LogP contribution in [0.1, 0.15) is 38.5 Å². The number of ether oxygens (including phenoxy) is 1. The van der Waals surface area contributed by atoms with E-state index in [2.05, 4.69) is 15.6 Å². The van der Waals surface area contributed by atoms with Gasteiger partial charge in [0, 0.05) is 12.1 Å². The molecule has 1 aromatic heterocycles. The van der Waals surface area contributed by atoms with Gasteiger partial charge in [0.25, 0.3) is 5.88 Å². The van der Waals surface area contributed by atoms with Crippen molar-refractivity contribution in [3.05, 3.63) is 24.3 Å². The SMILES string of the molecule is Cl.c1ccc2nc(OCCC3CCCCN3)c(NC3CC3)nc2c1. The smallest absolute Gasteiger partial charge is 0.258 e. The second-order valence-electron chi connectivity index (χ2n) is 6.57. The average molecular weight is 349 g/mol. The number of anilines is 1. The summed E-state index contributed by atoms with van der Waals surface area (Å²) >= 11 is 0. The standard InChI is InChI=1S/C18H24N4O.ClH/c1-2-7-16-15(6-1)21-17(20-14-8-9-14)18(22-16)23-12-10-13-5-3-4-11-19-13;/h1-2,6-7,13-14,19H,3-5,8-12H2,(H,20,21);1H. The van der Waals surface area contributed by atoms with Crippen LogP contribution >= 0.6 is 12.4 Å². The van der Waals surface area contributed by atoms with Gasteiger partial charge in [-0.15, -0.1) is 12.4 Å². The van der Waals surface area contributed by atoms with Gasteiger partial charge >= 0.3 is 0 Å². The summed E-state index contributed by atoms with van der Waals surface area (Å²) in [7, 11) is 0. The fourth-order valence-corrected chi connectivity index (χ4v) is 3.07. The summed E-state index contributed by atoms with van der Waals surface area (Å²) in [5.41, 5.74) is 1.80. The van der Waals surface area contributed by atoms with Gasteiger partial charge in [-0.1, -0.05) is 18.6 Å². The molecule has 24 heavy (non-hydrogen) atoms. The number of hydrogen-bond donors (Lipinski definition) is 2. The maximum Gasteiger partial charge on any atom is 0.258 e. The topological polar surface area (TPSA) is 59.1 Å². The number of aromatic nitrogens is 2. The van der Waals surface area contributed by atoms with Crippen molar-refractivity contribution in [2.45, 2.75) is 50.6 Å². The van der Waals surface area contributed by atoms with E-state index in [1.54, 1.807) is 0 Å². The van der Waals surface area contributed by atoms with Crippen molar-refractivity contribution >= 4 is 29.3 Å². The Hall–Kier alpha value is -1.59. The van der Waals surface area contributed by atoms with Gasteiger partial charge in [-0.3, -0.25) is 0 Å². The lowest BCUT2D eigenvalue weighted by Gasteiger charge is -2.23. The fraction of sp³-hybridized carbons (Fsp3) is 0.556. The van der Waals surface area contributed by atoms with E-state index in [4.69, 9.17) is 9.72 Å².